The van der Waals surface area contributed by atoms with Gasteiger partial charge in [0.25, 0.3) is 0 Å². The van der Waals surface area contributed by atoms with Crippen molar-refractivity contribution in [2.45, 2.75) is 19.9 Å². The highest BCUT2D eigenvalue weighted by molar-refractivity contribution is 5.66. The highest BCUT2D eigenvalue weighted by atomic mass is 16.4. The minimum absolute atomic E-state index is 0.169. The van der Waals surface area contributed by atoms with E-state index < -0.39 is 5.97 Å². The van der Waals surface area contributed by atoms with Gasteiger partial charge in [0, 0.05) is 19.3 Å². The number of hydrogen-bond acceptors (Lipinski definition) is 3. The van der Waals surface area contributed by atoms with E-state index in [2.05, 4.69) is 4.98 Å². The first-order valence-corrected chi connectivity index (χ1v) is 4.90. The predicted molar refractivity (Wildman–Crippen MR) is 57.6 cm³/mol. The van der Waals surface area contributed by atoms with Gasteiger partial charge < -0.3 is 5.11 Å². The summed E-state index contributed by atoms with van der Waals surface area (Å²) in [6.07, 6.45) is 1.93. The maximum atomic E-state index is 10.4. The molecule has 0 aliphatic carbocycles. The first-order valence-electron chi connectivity index (χ1n) is 4.90. The molecule has 0 fully saturated rings. The van der Waals surface area contributed by atoms with Crippen LogP contribution >= 0.6 is 0 Å². The number of pyridine rings is 1. The van der Waals surface area contributed by atoms with Crippen molar-refractivity contribution in [3.8, 4) is 0 Å². The Balaban J connectivity index is 2.47. The number of aromatic nitrogens is 1. The van der Waals surface area contributed by atoms with Gasteiger partial charge in [-0.15, -0.1) is 0 Å². The zero-order valence-corrected chi connectivity index (χ0v) is 9.10. The van der Waals surface area contributed by atoms with Crippen LogP contribution < -0.4 is 0 Å². The van der Waals surface area contributed by atoms with Crippen molar-refractivity contribution in [2.75, 3.05) is 13.6 Å². The Morgan fingerprint density at radius 1 is 1.60 bits per heavy atom. The van der Waals surface area contributed by atoms with Crippen LogP contribution in [0, 0.1) is 6.92 Å². The summed E-state index contributed by atoms with van der Waals surface area (Å²) in [5.41, 5.74) is 2.14. The van der Waals surface area contributed by atoms with Gasteiger partial charge in [-0.2, -0.15) is 0 Å². The highest BCUT2D eigenvalue weighted by Crippen LogP contribution is 2.06. The van der Waals surface area contributed by atoms with Crippen molar-refractivity contribution in [2.24, 2.45) is 0 Å². The molecule has 1 aromatic heterocycles. The largest absolute Gasteiger partial charge is 0.481 e. The Hall–Kier alpha value is -1.42. The molecule has 1 N–H and O–H groups in total. The second-order valence-electron chi connectivity index (χ2n) is 3.65. The molecule has 0 aromatic carbocycles. The lowest BCUT2D eigenvalue weighted by atomic mass is 10.2. The molecule has 15 heavy (non-hydrogen) atoms. The van der Waals surface area contributed by atoms with E-state index in [-0.39, 0.29) is 6.42 Å². The molecule has 0 amide bonds. The van der Waals surface area contributed by atoms with Crippen molar-refractivity contribution in [3.05, 3.63) is 29.6 Å². The second-order valence-corrected chi connectivity index (χ2v) is 3.65. The Bertz CT molecular complexity index is 339. The van der Waals surface area contributed by atoms with Gasteiger partial charge in [0.1, 0.15) is 0 Å². The third-order valence-electron chi connectivity index (χ3n) is 2.24. The van der Waals surface area contributed by atoms with E-state index >= 15 is 0 Å². The topological polar surface area (TPSA) is 53.4 Å². The molecular weight excluding hydrogens is 192 g/mol. The van der Waals surface area contributed by atoms with E-state index in [0.717, 1.165) is 11.3 Å². The van der Waals surface area contributed by atoms with Gasteiger partial charge in [-0.1, -0.05) is 6.07 Å². The maximum absolute atomic E-state index is 10.4. The number of carboxylic acids is 1. The van der Waals surface area contributed by atoms with Crippen molar-refractivity contribution >= 4 is 5.97 Å². The fraction of sp³-hybridized carbons (Fsp3) is 0.455. The molecule has 1 rings (SSSR count). The molecule has 0 saturated heterocycles. The molecule has 1 heterocycles. The highest BCUT2D eigenvalue weighted by Gasteiger charge is 2.05. The Kier molecular flexibility index (Phi) is 4.24. The van der Waals surface area contributed by atoms with E-state index in [9.17, 15) is 4.79 Å². The van der Waals surface area contributed by atoms with Crippen LogP contribution in [-0.2, 0) is 11.3 Å². The molecule has 0 radical (unpaired) electrons. The standard InChI is InChI=1S/C11H16N2O2/c1-9-4-3-6-12-10(9)8-13(2)7-5-11(14)15/h3-4,6H,5,7-8H2,1-2H3,(H,14,15). The van der Waals surface area contributed by atoms with Crippen molar-refractivity contribution in [1.29, 1.82) is 0 Å². The monoisotopic (exact) mass is 208 g/mol. The van der Waals surface area contributed by atoms with Crippen LogP contribution in [0.15, 0.2) is 18.3 Å². The molecule has 82 valence electrons. The van der Waals surface area contributed by atoms with E-state index in [1.165, 1.54) is 0 Å². The fourth-order valence-corrected chi connectivity index (χ4v) is 1.31. The first-order chi connectivity index (χ1) is 7.09. The Labute approximate surface area is 89.6 Å². The molecular formula is C11H16N2O2. The van der Waals surface area contributed by atoms with Gasteiger partial charge in [0.05, 0.1) is 12.1 Å². The van der Waals surface area contributed by atoms with Gasteiger partial charge in [-0.3, -0.25) is 14.7 Å². The van der Waals surface area contributed by atoms with Crippen LogP contribution in [0.5, 0.6) is 0 Å². The summed E-state index contributed by atoms with van der Waals surface area (Å²) in [5, 5.41) is 8.54. The summed E-state index contributed by atoms with van der Waals surface area (Å²) in [5.74, 6) is -0.764. The zero-order chi connectivity index (χ0) is 11.3. The first kappa shape index (κ1) is 11.7. The molecule has 0 spiro atoms. The fourth-order valence-electron chi connectivity index (χ4n) is 1.31. The molecule has 0 aliphatic rings. The van der Waals surface area contributed by atoms with Crippen LogP contribution in [0.2, 0.25) is 0 Å². The van der Waals surface area contributed by atoms with Crippen molar-refractivity contribution in [1.82, 2.24) is 9.88 Å². The van der Waals surface area contributed by atoms with Crippen LogP contribution in [0.25, 0.3) is 0 Å². The Morgan fingerprint density at radius 2 is 2.33 bits per heavy atom. The molecule has 4 heteroatoms. The quantitative estimate of drug-likeness (QED) is 0.792. The summed E-state index contributed by atoms with van der Waals surface area (Å²) < 4.78 is 0. The molecule has 1 aromatic rings. The average Bonchev–Trinajstić information content (AvgIpc) is 2.18. The minimum Gasteiger partial charge on any atom is -0.481 e. The smallest absolute Gasteiger partial charge is 0.304 e. The lowest BCUT2D eigenvalue weighted by Crippen LogP contribution is -2.22. The summed E-state index contributed by atoms with van der Waals surface area (Å²) in [6, 6.07) is 3.91. The van der Waals surface area contributed by atoms with Crippen LogP contribution in [0.1, 0.15) is 17.7 Å². The Morgan fingerprint density at radius 3 is 2.93 bits per heavy atom. The number of carbonyl (C=O) groups is 1. The average molecular weight is 208 g/mol. The van der Waals surface area contributed by atoms with Crippen LogP contribution in [-0.4, -0.2) is 34.6 Å². The summed E-state index contributed by atoms with van der Waals surface area (Å²) in [7, 11) is 1.90. The third-order valence-corrected chi connectivity index (χ3v) is 2.24. The molecule has 0 atom stereocenters. The molecule has 0 bridgehead atoms. The number of aryl methyl sites for hydroxylation is 1. The number of rotatable bonds is 5. The van der Waals surface area contributed by atoms with Gasteiger partial charge in [-0.25, -0.2) is 0 Å². The SMILES string of the molecule is Cc1cccnc1CN(C)CCC(=O)O. The predicted octanol–water partition coefficient (Wildman–Crippen LogP) is 1.30. The normalized spacial score (nSPS) is 10.6. The lowest BCUT2D eigenvalue weighted by molar-refractivity contribution is -0.137. The van der Waals surface area contributed by atoms with Gasteiger partial charge in [0.15, 0.2) is 0 Å². The number of nitrogens with zero attached hydrogens (tertiary/aromatic N) is 2. The maximum Gasteiger partial charge on any atom is 0.304 e. The second kappa shape index (κ2) is 5.46. The van der Waals surface area contributed by atoms with Crippen molar-refractivity contribution < 1.29 is 9.90 Å². The van der Waals surface area contributed by atoms with Gasteiger partial charge in [0.2, 0.25) is 0 Å². The van der Waals surface area contributed by atoms with E-state index in [0.29, 0.717) is 13.1 Å². The number of hydrogen-bond donors (Lipinski definition) is 1. The minimum atomic E-state index is -0.764. The van der Waals surface area contributed by atoms with Crippen LogP contribution in [0.4, 0.5) is 0 Å². The third kappa shape index (κ3) is 4.08. The van der Waals surface area contributed by atoms with E-state index in [1.807, 2.05) is 31.0 Å². The van der Waals surface area contributed by atoms with E-state index in [1.54, 1.807) is 6.20 Å². The van der Waals surface area contributed by atoms with E-state index in [4.69, 9.17) is 5.11 Å². The summed E-state index contributed by atoms with van der Waals surface area (Å²) in [4.78, 5) is 16.6. The number of aliphatic carboxylic acids is 1. The zero-order valence-electron chi connectivity index (χ0n) is 9.10. The van der Waals surface area contributed by atoms with Crippen molar-refractivity contribution in [3.63, 3.8) is 0 Å². The summed E-state index contributed by atoms with van der Waals surface area (Å²) >= 11 is 0. The summed E-state index contributed by atoms with van der Waals surface area (Å²) in [6.45, 7) is 3.25. The lowest BCUT2D eigenvalue weighted by Gasteiger charge is -2.15. The molecule has 4 nitrogen and oxygen atoms in total. The van der Waals surface area contributed by atoms with Crippen LogP contribution in [0.3, 0.4) is 0 Å². The number of carboxylic acid groups (broad SMARTS) is 1. The molecule has 0 aliphatic heterocycles. The molecule has 0 unspecified atom stereocenters. The van der Waals surface area contributed by atoms with Gasteiger partial charge >= 0.3 is 5.97 Å². The van der Waals surface area contributed by atoms with Gasteiger partial charge in [-0.05, 0) is 25.6 Å². The molecule has 0 saturated carbocycles.